The lowest BCUT2D eigenvalue weighted by molar-refractivity contribution is 0.0697. The second-order valence-corrected chi connectivity index (χ2v) is 11.3. The third kappa shape index (κ3) is 5.23. The molecule has 0 atom stereocenters. The highest BCUT2D eigenvalue weighted by Gasteiger charge is 2.28. The lowest BCUT2D eigenvalue weighted by Gasteiger charge is -2.41. The Labute approximate surface area is 202 Å². The van der Waals surface area contributed by atoms with E-state index in [2.05, 4.69) is 14.5 Å². The van der Waals surface area contributed by atoms with Crippen LogP contribution >= 0.6 is 0 Å². The standard InChI is InChI=1S/C26H35N3O4S/c1-18-15-19(2)25(20(3)16-18)34(32,33)27-23-17-21(26(30)31)7-8-24(23)29-13-9-22(10-14-29)28-11-5-4-6-12-28/h7-8,15-17,22,27H,4-6,9-14H2,1-3H3,(H,30,31). The molecule has 34 heavy (non-hydrogen) atoms. The normalized spacial score (nSPS) is 18.1. The van der Waals surface area contributed by atoms with Crippen molar-refractivity contribution in [2.75, 3.05) is 35.8 Å². The number of sulfonamides is 1. The highest BCUT2D eigenvalue weighted by atomic mass is 32.2. The number of carboxylic acid groups (broad SMARTS) is 1. The fraction of sp³-hybridized carbons (Fsp3) is 0.500. The third-order valence-electron chi connectivity index (χ3n) is 7.07. The quantitative estimate of drug-likeness (QED) is 0.623. The summed E-state index contributed by atoms with van der Waals surface area (Å²) >= 11 is 0. The van der Waals surface area contributed by atoms with Crippen molar-refractivity contribution in [1.82, 2.24) is 4.90 Å². The van der Waals surface area contributed by atoms with Gasteiger partial charge in [-0.05, 0) is 88.9 Å². The summed E-state index contributed by atoms with van der Waals surface area (Å²) in [5.74, 6) is -1.08. The molecule has 0 aromatic heterocycles. The number of anilines is 2. The minimum Gasteiger partial charge on any atom is -0.478 e. The van der Waals surface area contributed by atoms with E-state index < -0.39 is 16.0 Å². The number of hydrogen-bond acceptors (Lipinski definition) is 5. The van der Waals surface area contributed by atoms with Crippen LogP contribution in [0.2, 0.25) is 0 Å². The van der Waals surface area contributed by atoms with Crippen LogP contribution in [0.25, 0.3) is 0 Å². The molecular weight excluding hydrogens is 450 g/mol. The summed E-state index contributed by atoms with van der Waals surface area (Å²) in [6.45, 7) is 9.46. The molecular formula is C26H35N3O4S. The number of nitrogens with one attached hydrogen (secondary N) is 1. The Balaban J connectivity index is 1.61. The zero-order valence-corrected chi connectivity index (χ0v) is 21.1. The van der Waals surface area contributed by atoms with Crippen molar-refractivity contribution in [3.63, 3.8) is 0 Å². The van der Waals surface area contributed by atoms with E-state index in [4.69, 9.17) is 0 Å². The maximum Gasteiger partial charge on any atom is 0.335 e. The van der Waals surface area contributed by atoms with Gasteiger partial charge in [0.15, 0.2) is 0 Å². The van der Waals surface area contributed by atoms with Gasteiger partial charge >= 0.3 is 5.97 Å². The molecule has 0 bridgehead atoms. The van der Waals surface area contributed by atoms with E-state index in [0.29, 0.717) is 22.9 Å². The first-order chi connectivity index (χ1) is 16.2. The zero-order valence-electron chi connectivity index (χ0n) is 20.3. The number of aryl methyl sites for hydroxylation is 3. The maximum atomic E-state index is 13.4. The van der Waals surface area contributed by atoms with Crippen LogP contribution in [0.15, 0.2) is 35.2 Å². The molecule has 0 radical (unpaired) electrons. The van der Waals surface area contributed by atoms with E-state index in [1.807, 2.05) is 19.1 Å². The number of rotatable bonds is 6. The molecule has 0 aliphatic carbocycles. The van der Waals surface area contributed by atoms with E-state index in [-0.39, 0.29) is 10.5 Å². The second kappa shape index (κ2) is 9.96. The van der Waals surface area contributed by atoms with E-state index in [1.54, 1.807) is 26.0 Å². The van der Waals surface area contributed by atoms with Gasteiger partial charge in [0.2, 0.25) is 0 Å². The second-order valence-electron chi connectivity index (χ2n) is 9.69. The van der Waals surface area contributed by atoms with Crippen molar-refractivity contribution in [1.29, 1.82) is 0 Å². The maximum absolute atomic E-state index is 13.4. The Hall–Kier alpha value is -2.58. The summed E-state index contributed by atoms with van der Waals surface area (Å²) in [5.41, 5.74) is 3.44. The first kappa shape index (κ1) is 24.5. The summed E-state index contributed by atoms with van der Waals surface area (Å²) in [7, 11) is -3.90. The van der Waals surface area contributed by atoms with Crippen molar-refractivity contribution >= 4 is 27.4 Å². The van der Waals surface area contributed by atoms with Crippen LogP contribution in [0.5, 0.6) is 0 Å². The van der Waals surface area contributed by atoms with Crippen molar-refractivity contribution in [2.24, 2.45) is 0 Å². The molecule has 0 amide bonds. The van der Waals surface area contributed by atoms with Gasteiger partial charge in [-0.1, -0.05) is 24.1 Å². The number of carboxylic acids is 1. The monoisotopic (exact) mass is 485 g/mol. The predicted molar refractivity (Wildman–Crippen MR) is 136 cm³/mol. The molecule has 7 nitrogen and oxygen atoms in total. The molecule has 2 aromatic carbocycles. The van der Waals surface area contributed by atoms with Gasteiger partial charge in [0.05, 0.1) is 21.8 Å². The molecule has 0 spiro atoms. The van der Waals surface area contributed by atoms with Crippen LogP contribution < -0.4 is 9.62 Å². The van der Waals surface area contributed by atoms with Crippen molar-refractivity contribution in [2.45, 2.75) is 63.8 Å². The van der Waals surface area contributed by atoms with Gasteiger partial charge in [-0.15, -0.1) is 0 Å². The highest BCUT2D eigenvalue weighted by Crippen LogP contribution is 2.34. The molecule has 0 saturated carbocycles. The van der Waals surface area contributed by atoms with E-state index >= 15 is 0 Å². The Bertz CT molecular complexity index is 1140. The number of likely N-dealkylation sites (tertiary alicyclic amines) is 1. The summed E-state index contributed by atoms with van der Waals surface area (Å²) in [5, 5.41) is 9.53. The van der Waals surface area contributed by atoms with Gasteiger partial charge < -0.3 is 14.9 Å². The van der Waals surface area contributed by atoms with Crippen molar-refractivity contribution in [3.05, 3.63) is 52.6 Å². The highest BCUT2D eigenvalue weighted by molar-refractivity contribution is 7.92. The van der Waals surface area contributed by atoms with Gasteiger partial charge in [0.1, 0.15) is 0 Å². The summed E-state index contributed by atoms with van der Waals surface area (Å²) in [6.07, 6.45) is 5.88. The summed E-state index contributed by atoms with van der Waals surface area (Å²) in [6, 6.07) is 8.98. The summed E-state index contributed by atoms with van der Waals surface area (Å²) in [4.78, 5) is 16.7. The van der Waals surface area contributed by atoms with Crippen LogP contribution in [0.3, 0.4) is 0 Å². The molecule has 2 aromatic rings. The minimum absolute atomic E-state index is 0.0574. The van der Waals surface area contributed by atoms with Gasteiger partial charge in [-0.25, -0.2) is 13.2 Å². The Morgan fingerprint density at radius 2 is 1.56 bits per heavy atom. The molecule has 2 N–H and O–H groups in total. The molecule has 2 saturated heterocycles. The van der Waals surface area contributed by atoms with Gasteiger partial charge in [-0.3, -0.25) is 4.72 Å². The average Bonchev–Trinajstić information content (AvgIpc) is 2.78. The number of aromatic carboxylic acids is 1. The Morgan fingerprint density at radius 3 is 2.15 bits per heavy atom. The molecule has 8 heteroatoms. The minimum atomic E-state index is -3.90. The van der Waals surface area contributed by atoms with Crippen LogP contribution in [-0.4, -0.2) is 56.6 Å². The van der Waals surface area contributed by atoms with E-state index in [1.165, 1.54) is 25.3 Å². The molecule has 2 aliphatic rings. The SMILES string of the molecule is Cc1cc(C)c(S(=O)(=O)Nc2cc(C(=O)O)ccc2N2CCC(N3CCCCC3)CC2)c(C)c1. The smallest absolute Gasteiger partial charge is 0.335 e. The first-order valence-electron chi connectivity index (χ1n) is 12.1. The van der Waals surface area contributed by atoms with Crippen LogP contribution in [0.1, 0.15) is 59.2 Å². The molecule has 4 rings (SSSR count). The topological polar surface area (TPSA) is 89.9 Å². The predicted octanol–water partition coefficient (Wildman–Crippen LogP) is 4.57. The van der Waals surface area contributed by atoms with E-state index in [9.17, 15) is 18.3 Å². The Morgan fingerprint density at radius 1 is 0.941 bits per heavy atom. The number of piperidine rings is 2. The summed E-state index contributed by atoms with van der Waals surface area (Å²) < 4.78 is 29.6. The number of carbonyl (C=O) groups is 1. The van der Waals surface area contributed by atoms with Crippen LogP contribution in [0.4, 0.5) is 11.4 Å². The van der Waals surface area contributed by atoms with Gasteiger partial charge in [0.25, 0.3) is 10.0 Å². The van der Waals surface area contributed by atoms with Gasteiger partial charge in [-0.2, -0.15) is 0 Å². The van der Waals surface area contributed by atoms with E-state index in [0.717, 1.165) is 50.3 Å². The third-order valence-corrected chi connectivity index (χ3v) is 8.74. The lowest BCUT2D eigenvalue weighted by atomic mass is 9.99. The molecule has 2 heterocycles. The van der Waals surface area contributed by atoms with Crippen LogP contribution in [0, 0.1) is 20.8 Å². The van der Waals surface area contributed by atoms with Gasteiger partial charge in [0, 0.05) is 19.1 Å². The number of nitrogens with zero attached hydrogens (tertiary/aromatic N) is 2. The zero-order chi connectivity index (χ0) is 24.5. The van der Waals surface area contributed by atoms with Crippen molar-refractivity contribution in [3.8, 4) is 0 Å². The molecule has 2 fully saturated rings. The fourth-order valence-corrected chi connectivity index (χ4v) is 7.09. The number of hydrogen-bond donors (Lipinski definition) is 2. The molecule has 0 unspecified atom stereocenters. The lowest BCUT2D eigenvalue weighted by Crippen LogP contribution is -2.46. The largest absolute Gasteiger partial charge is 0.478 e. The molecule has 2 aliphatic heterocycles. The number of benzene rings is 2. The Kier molecular flexibility index (Phi) is 7.19. The van der Waals surface area contributed by atoms with Crippen molar-refractivity contribution < 1.29 is 18.3 Å². The average molecular weight is 486 g/mol. The van der Waals surface area contributed by atoms with Crippen LogP contribution in [-0.2, 0) is 10.0 Å². The fourth-order valence-electron chi connectivity index (χ4n) is 5.57. The first-order valence-corrected chi connectivity index (χ1v) is 13.6. The molecule has 184 valence electrons.